The molecule has 8 nitrogen and oxygen atoms in total. The van der Waals surface area contributed by atoms with Crippen LogP contribution in [-0.2, 0) is 0 Å². The van der Waals surface area contributed by atoms with E-state index in [1.165, 1.54) is 10.9 Å². The van der Waals surface area contributed by atoms with Gasteiger partial charge in [-0.15, -0.1) is 0 Å². The summed E-state index contributed by atoms with van der Waals surface area (Å²) >= 11 is 0. The van der Waals surface area contributed by atoms with Crippen molar-refractivity contribution in [1.29, 1.82) is 10.5 Å². The van der Waals surface area contributed by atoms with Crippen molar-refractivity contribution in [2.75, 3.05) is 23.7 Å². The summed E-state index contributed by atoms with van der Waals surface area (Å²) in [6.07, 6.45) is 3.41. The Kier molecular flexibility index (Phi) is 3.53. The molecule has 1 aliphatic rings. The van der Waals surface area contributed by atoms with Gasteiger partial charge in [0.25, 0.3) is 0 Å². The van der Waals surface area contributed by atoms with Crippen molar-refractivity contribution in [3.8, 4) is 12.1 Å². The smallest absolute Gasteiger partial charge is 0.170 e. The van der Waals surface area contributed by atoms with Crippen molar-refractivity contribution in [1.82, 2.24) is 19.6 Å². The van der Waals surface area contributed by atoms with Crippen LogP contribution in [0.2, 0.25) is 0 Å². The number of hydrogen-bond donors (Lipinski definition) is 1. The monoisotopic (exact) mass is 368 g/mol. The average molecular weight is 368 g/mol. The normalized spacial score (nSPS) is 14.4. The highest BCUT2D eigenvalue weighted by molar-refractivity contribution is 6.13. The molecule has 0 aliphatic carbocycles. The summed E-state index contributed by atoms with van der Waals surface area (Å²) in [7, 11) is 0. The number of piperidine rings is 1. The van der Waals surface area contributed by atoms with Gasteiger partial charge in [-0.25, -0.2) is 14.5 Å². The van der Waals surface area contributed by atoms with E-state index in [4.69, 9.17) is 10.7 Å². The van der Waals surface area contributed by atoms with Crippen LogP contribution in [-0.4, -0.2) is 32.7 Å². The molecule has 2 N–H and O–H groups in total. The number of nitrogen functional groups attached to an aromatic ring is 1. The number of nitriles is 2. The molecule has 1 aromatic carbocycles. The van der Waals surface area contributed by atoms with Gasteiger partial charge in [0.15, 0.2) is 11.3 Å². The molecule has 136 valence electrons. The Morgan fingerprint density at radius 1 is 1.00 bits per heavy atom. The fraction of sp³-hybridized carbons (Fsp3) is 0.250. The fourth-order valence-corrected chi connectivity index (χ4v) is 3.95. The number of nitrogens with two attached hydrogens (primary N) is 1. The van der Waals surface area contributed by atoms with Crippen LogP contribution in [0.1, 0.15) is 30.5 Å². The number of nitrogens with zero attached hydrogens (tertiary/aromatic N) is 7. The Hall–Kier alpha value is -3.91. The Bertz CT molecular complexity index is 1330. The minimum absolute atomic E-state index is 0.0334. The Balaban J connectivity index is 1.98. The maximum atomic E-state index is 9.66. The second-order valence-electron chi connectivity index (χ2n) is 6.90. The van der Waals surface area contributed by atoms with Gasteiger partial charge in [0, 0.05) is 18.5 Å². The number of rotatable bonds is 1. The second kappa shape index (κ2) is 6.07. The highest BCUT2D eigenvalue weighted by Gasteiger charge is 2.24. The lowest BCUT2D eigenvalue weighted by Gasteiger charge is -2.28. The van der Waals surface area contributed by atoms with E-state index in [-0.39, 0.29) is 17.1 Å². The molecule has 1 fully saturated rings. The van der Waals surface area contributed by atoms with Gasteiger partial charge >= 0.3 is 0 Å². The minimum Gasteiger partial charge on any atom is -0.382 e. The Labute approximate surface area is 160 Å². The molecule has 0 radical (unpaired) electrons. The summed E-state index contributed by atoms with van der Waals surface area (Å²) < 4.78 is 1.43. The summed E-state index contributed by atoms with van der Waals surface area (Å²) in [6, 6.07) is 11.8. The van der Waals surface area contributed by atoms with Crippen LogP contribution in [0.15, 0.2) is 24.3 Å². The van der Waals surface area contributed by atoms with Crippen LogP contribution < -0.4 is 10.6 Å². The molecule has 0 spiro atoms. The largest absolute Gasteiger partial charge is 0.382 e. The standard InChI is InChI=1S/C20H16N8/c21-10-13-15(11-22)28-20(25-18(13)23)16-17(26-28)12-6-2-3-7-14(12)24-19(16)27-8-4-1-5-9-27/h2-3,6-7H,1,4-5,8-9H2,(H2,23,25). The van der Waals surface area contributed by atoms with Crippen molar-refractivity contribution in [3.05, 3.63) is 35.5 Å². The first kappa shape index (κ1) is 16.3. The molecule has 0 saturated carbocycles. The fourth-order valence-electron chi connectivity index (χ4n) is 3.95. The summed E-state index contributed by atoms with van der Waals surface area (Å²) in [5.41, 5.74) is 8.15. The lowest BCUT2D eigenvalue weighted by atomic mass is 10.1. The molecule has 4 heterocycles. The van der Waals surface area contributed by atoms with E-state index >= 15 is 0 Å². The van der Waals surface area contributed by atoms with Crippen LogP contribution >= 0.6 is 0 Å². The zero-order valence-electron chi connectivity index (χ0n) is 15.1. The number of para-hydroxylation sites is 1. The SMILES string of the molecule is N#Cc1c(N)nc2c3c(N4CCCCC4)nc4ccccc4c3nn2c1C#N. The van der Waals surface area contributed by atoms with Crippen LogP contribution in [0.5, 0.6) is 0 Å². The van der Waals surface area contributed by atoms with Crippen molar-refractivity contribution >= 4 is 39.1 Å². The van der Waals surface area contributed by atoms with Crippen molar-refractivity contribution in [2.24, 2.45) is 0 Å². The first-order valence-electron chi connectivity index (χ1n) is 9.18. The number of fused-ring (bicyclic) bond motifs is 5. The zero-order valence-corrected chi connectivity index (χ0v) is 15.1. The Morgan fingerprint density at radius 3 is 2.54 bits per heavy atom. The summed E-state index contributed by atoms with van der Waals surface area (Å²) in [4.78, 5) is 11.6. The third-order valence-electron chi connectivity index (χ3n) is 5.27. The van der Waals surface area contributed by atoms with E-state index in [1.807, 2.05) is 30.3 Å². The Morgan fingerprint density at radius 2 is 1.79 bits per heavy atom. The van der Waals surface area contributed by atoms with Gasteiger partial charge in [0.1, 0.15) is 34.9 Å². The van der Waals surface area contributed by atoms with Crippen LogP contribution in [0.3, 0.4) is 0 Å². The first-order valence-corrected chi connectivity index (χ1v) is 9.18. The predicted molar refractivity (Wildman–Crippen MR) is 106 cm³/mol. The third kappa shape index (κ3) is 2.18. The number of anilines is 2. The van der Waals surface area contributed by atoms with Crippen molar-refractivity contribution in [2.45, 2.75) is 19.3 Å². The van der Waals surface area contributed by atoms with Gasteiger partial charge in [-0.3, -0.25) is 0 Å². The van der Waals surface area contributed by atoms with Gasteiger partial charge in [-0.2, -0.15) is 15.6 Å². The molecule has 0 amide bonds. The molecular weight excluding hydrogens is 352 g/mol. The van der Waals surface area contributed by atoms with Gasteiger partial charge in [-0.05, 0) is 25.3 Å². The van der Waals surface area contributed by atoms with Gasteiger partial charge in [0.2, 0.25) is 0 Å². The van der Waals surface area contributed by atoms with Crippen LogP contribution in [0, 0.1) is 22.7 Å². The van der Waals surface area contributed by atoms with Gasteiger partial charge in [0.05, 0.1) is 10.9 Å². The lowest BCUT2D eigenvalue weighted by molar-refractivity contribution is 0.575. The molecule has 8 heteroatoms. The van der Waals surface area contributed by atoms with E-state index in [0.717, 1.165) is 48.0 Å². The molecule has 28 heavy (non-hydrogen) atoms. The zero-order chi connectivity index (χ0) is 19.3. The van der Waals surface area contributed by atoms with E-state index in [9.17, 15) is 10.5 Å². The minimum atomic E-state index is 0.0334. The lowest BCUT2D eigenvalue weighted by Crippen LogP contribution is -2.30. The van der Waals surface area contributed by atoms with Gasteiger partial charge < -0.3 is 10.6 Å². The van der Waals surface area contributed by atoms with Crippen molar-refractivity contribution < 1.29 is 0 Å². The average Bonchev–Trinajstić information content (AvgIpc) is 3.12. The van der Waals surface area contributed by atoms with Crippen LogP contribution in [0.25, 0.3) is 27.5 Å². The number of aromatic nitrogens is 4. The highest BCUT2D eigenvalue weighted by atomic mass is 15.3. The van der Waals surface area contributed by atoms with Crippen molar-refractivity contribution in [3.63, 3.8) is 0 Å². The molecule has 0 bridgehead atoms. The molecule has 3 aromatic heterocycles. The first-order chi connectivity index (χ1) is 13.7. The van der Waals surface area contributed by atoms with E-state index < -0.39 is 0 Å². The molecule has 5 rings (SSSR count). The van der Waals surface area contributed by atoms with E-state index in [2.05, 4.69) is 21.1 Å². The summed E-state index contributed by atoms with van der Waals surface area (Å²) in [5, 5.41) is 25.4. The summed E-state index contributed by atoms with van der Waals surface area (Å²) in [5.74, 6) is 0.843. The maximum Gasteiger partial charge on any atom is 0.170 e. The van der Waals surface area contributed by atoms with Crippen LogP contribution in [0.4, 0.5) is 11.6 Å². The molecular formula is C20H16N8. The summed E-state index contributed by atoms with van der Waals surface area (Å²) in [6.45, 7) is 1.82. The topological polar surface area (TPSA) is 120 Å². The molecule has 0 unspecified atom stereocenters. The maximum absolute atomic E-state index is 9.66. The quantitative estimate of drug-likeness (QED) is 0.548. The number of pyridine rings is 1. The molecule has 1 aliphatic heterocycles. The number of hydrogen-bond acceptors (Lipinski definition) is 7. The predicted octanol–water partition coefficient (Wildman–Crippen LogP) is 2.75. The molecule has 4 aromatic rings. The van der Waals surface area contributed by atoms with E-state index in [1.54, 1.807) is 0 Å². The molecule has 1 saturated heterocycles. The molecule has 0 atom stereocenters. The number of benzene rings is 1. The third-order valence-corrected chi connectivity index (χ3v) is 5.27. The second-order valence-corrected chi connectivity index (χ2v) is 6.90. The van der Waals surface area contributed by atoms with E-state index in [0.29, 0.717) is 11.2 Å². The highest BCUT2D eigenvalue weighted by Crippen LogP contribution is 2.35. The van der Waals surface area contributed by atoms with Gasteiger partial charge in [-0.1, -0.05) is 18.2 Å².